The number of carbonyl (C=O) groups excluding carboxylic acids is 2. The van der Waals surface area contributed by atoms with Gasteiger partial charge in [-0.2, -0.15) is 0 Å². The fourth-order valence-electron chi connectivity index (χ4n) is 1.78. The molecule has 1 unspecified atom stereocenters. The number of amides is 1. The third-order valence-electron chi connectivity index (χ3n) is 3.06. The van der Waals surface area contributed by atoms with Crippen molar-refractivity contribution in [3.8, 4) is 0 Å². The molecule has 0 aliphatic carbocycles. The smallest absolute Gasteiger partial charge is 0.331 e. The molecule has 24 heavy (non-hydrogen) atoms. The van der Waals surface area contributed by atoms with E-state index in [2.05, 4.69) is 21.2 Å². The van der Waals surface area contributed by atoms with Crippen molar-refractivity contribution in [3.05, 3.63) is 70.5 Å². The summed E-state index contributed by atoms with van der Waals surface area (Å²) in [4.78, 5) is 23.7. The molecule has 2 aromatic carbocycles. The van der Waals surface area contributed by atoms with E-state index in [9.17, 15) is 14.0 Å². The van der Waals surface area contributed by atoms with E-state index in [4.69, 9.17) is 4.74 Å². The standard InChI is InChI=1S/C18H15BrFNO3/c1-12(18(23)21-16-9-7-15(20)8-10-16)24-17(22)11-4-13-2-5-14(19)6-3-13/h2-12H,1H3,(H,21,23)/b11-4+. The van der Waals surface area contributed by atoms with Gasteiger partial charge in [0, 0.05) is 16.2 Å². The van der Waals surface area contributed by atoms with Gasteiger partial charge in [-0.05, 0) is 55.0 Å². The Kier molecular flexibility index (Phi) is 6.26. The summed E-state index contributed by atoms with van der Waals surface area (Å²) in [5.41, 5.74) is 1.26. The molecular weight excluding hydrogens is 377 g/mol. The monoisotopic (exact) mass is 391 g/mol. The molecule has 0 aliphatic heterocycles. The highest BCUT2D eigenvalue weighted by molar-refractivity contribution is 9.10. The van der Waals surface area contributed by atoms with Gasteiger partial charge < -0.3 is 10.1 Å². The van der Waals surface area contributed by atoms with Gasteiger partial charge in [0.25, 0.3) is 5.91 Å². The molecular formula is C18H15BrFNO3. The van der Waals surface area contributed by atoms with Gasteiger partial charge in [0.05, 0.1) is 0 Å². The molecule has 0 bridgehead atoms. The summed E-state index contributed by atoms with van der Waals surface area (Å²) in [6, 6.07) is 12.7. The minimum Gasteiger partial charge on any atom is -0.449 e. The molecule has 0 spiro atoms. The van der Waals surface area contributed by atoms with E-state index in [1.54, 1.807) is 6.08 Å². The maximum Gasteiger partial charge on any atom is 0.331 e. The molecule has 124 valence electrons. The molecule has 2 aromatic rings. The molecule has 1 N–H and O–H groups in total. The normalized spacial score (nSPS) is 12.0. The Bertz CT molecular complexity index is 742. The number of hydrogen-bond donors (Lipinski definition) is 1. The molecule has 0 heterocycles. The van der Waals surface area contributed by atoms with Crippen LogP contribution in [-0.4, -0.2) is 18.0 Å². The fraction of sp³-hybridized carbons (Fsp3) is 0.111. The van der Waals surface area contributed by atoms with Gasteiger partial charge >= 0.3 is 5.97 Å². The van der Waals surface area contributed by atoms with Crippen LogP contribution in [0.15, 0.2) is 59.1 Å². The van der Waals surface area contributed by atoms with Crippen LogP contribution in [0.2, 0.25) is 0 Å². The lowest BCUT2D eigenvalue weighted by Crippen LogP contribution is -2.29. The first-order valence-corrected chi connectivity index (χ1v) is 7.94. The summed E-state index contributed by atoms with van der Waals surface area (Å²) in [5.74, 6) is -1.52. The lowest BCUT2D eigenvalue weighted by atomic mass is 10.2. The molecule has 0 aliphatic rings. The van der Waals surface area contributed by atoms with E-state index in [0.717, 1.165) is 10.0 Å². The third kappa shape index (κ3) is 5.62. The van der Waals surface area contributed by atoms with Crippen LogP contribution in [0, 0.1) is 5.82 Å². The highest BCUT2D eigenvalue weighted by atomic mass is 79.9. The van der Waals surface area contributed by atoms with E-state index >= 15 is 0 Å². The molecule has 0 fully saturated rings. The van der Waals surface area contributed by atoms with Crippen LogP contribution < -0.4 is 5.32 Å². The van der Waals surface area contributed by atoms with Crippen LogP contribution in [0.3, 0.4) is 0 Å². The first kappa shape index (κ1) is 17.9. The maximum atomic E-state index is 12.8. The summed E-state index contributed by atoms with van der Waals surface area (Å²) < 4.78 is 18.8. The average Bonchev–Trinajstić information content (AvgIpc) is 2.56. The van der Waals surface area contributed by atoms with Crippen LogP contribution in [0.1, 0.15) is 12.5 Å². The van der Waals surface area contributed by atoms with Crippen molar-refractivity contribution in [2.24, 2.45) is 0 Å². The van der Waals surface area contributed by atoms with Gasteiger partial charge in [-0.25, -0.2) is 9.18 Å². The van der Waals surface area contributed by atoms with E-state index in [-0.39, 0.29) is 0 Å². The van der Waals surface area contributed by atoms with Crippen LogP contribution >= 0.6 is 15.9 Å². The number of nitrogens with one attached hydrogen (secondary N) is 1. The SMILES string of the molecule is CC(OC(=O)/C=C/c1ccc(Br)cc1)C(=O)Nc1ccc(F)cc1. The topological polar surface area (TPSA) is 55.4 Å². The lowest BCUT2D eigenvalue weighted by molar-refractivity contribution is -0.148. The van der Waals surface area contributed by atoms with E-state index in [0.29, 0.717) is 5.69 Å². The van der Waals surface area contributed by atoms with Gasteiger partial charge in [-0.3, -0.25) is 4.79 Å². The Hall–Kier alpha value is -2.47. The zero-order valence-corrected chi connectivity index (χ0v) is 14.4. The predicted octanol–water partition coefficient (Wildman–Crippen LogP) is 4.17. The number of carbonyl (C=O) groups is 2. The van der Waals surface area contributed by atoms with Crippen molar-refractivity contribution >= 4 is 39.6 Å². The average molecular weight is 392 g/mol. The zero-order valence-electron chi connectivity index (χ0n) is 12.8. The number of halogens is 2. The Labute approximate surface area is 147 Å². The molecule has 0 saturated carbocycles. The first-order valence-electron chi connectivity index (χ1n) is 7.15. The van der Waals surface area contributed by atoms with Crippen molar-refractivity contribution in [2.75, 3.05) is 5.32 Å². The van der Waals surface area contributed by atoms with Crippen molar-refractivity contribution in [2.45, 2.75) is 13.0 Å². The lowest BCUT2D eigenvalue weighted by Gasteiger charge is -2.12. The Morgan fingerprint density at radius 3 is 2.38 bits per heavy atom. The van der Waals surface area contributed by atoms with Crippen molar-refractivity contribution in [3.63, 3.8) is 0 Å². The summed E-state index contributed by atoms with van der Waals surface area (Å²) in [7, 11) is 0. The number of hydrogen-bond acceptors (Lipinski definition) is 3. The number of rotatable bonds is 5. The molecule has 1 atom stereocenters. The zero-order chi connectivity index (χ0) is 17.5. The van der Waals surface area contributed by atoms with Crippen molar-refractivity contribution in [1.82, 2.24) is 0 Å². The van der Waals surface area contributed by atoms with Crippen LogP contribution in [0.4, 0.5) is 10.1 Å². The van der Waals surface area contributed by atoms with Gasteiger partial charge in [0.15, 0.2) is 6.10 Å². The van der Waals surface area contributed by atoms with Crippen LogP contribution in [0.25, 0.3) is 6.08 Å². The maximum absolute atomic E-state index is 12.8. The summed E-state index contributed by atoms with van der Waals surface area (Å²) in [6.07, 6.45) is 1.88. The molecule has 0 radical (unpaired) electrons. The van der Waals surface area contributed by atoms with E-state index < -0.39 is 23.8 Å². The number of benzene rings is 2. The second kappa shape index (κ2) is 8.40. The second-order valence-corrected chi connectivity index (χ2v) is 5.88. The molecule has 1 amide bonds. The second-order valence-electron chi connectivity index (χ2n) is 4.96. The molecule has 4 nitrogen and oxygen atoms in total. The minimum atomic E-state index is -0.975. The third-order valence-corrected chi connectivity index (χ3v) is 3.58. The van der Waals surface area contributed by atoms with Gasteiger partial charge in [0.1, 0.15) is 5.82 Å². The molecule has 0 aromatic heterocycles. The predicted molar refractivity (Wildman–Crippen MR) is 93.8 cm³/mol. The highest BCUT2D eigenvalue weighted by Gasteiger charge is 2.16. The molecule has 6 heteroatoms. The molecule has 0 saturated heterocycles. The van der Waals surface area contributed by atoms with Crippen LogP contribution in [-0.2, 0) is 14.3 Å². The first-order chi connectivity index (χ1) is 11.4. The number of ether oxygens (including phenoxy) is 1. The van der Waals surface area contributed by atoms with Crippen molar-refractivity contribution in [1.29, 1.82) is 0 Å². The summed E-state index contributed by atoms with van der Waals surface area (Å²) in [6.45, 7) is 1.46. The Morgan fingerprint density at radius 2 is 1.75 bits per heavy atom. The highest BCUT2D eigenvalue weighted by Crippen LogP contribution is 2.12. The Morgan fingerprint density at radius 1 is 1.12 bits per heavy atom. The summed E-state index contributed by atoms with van der Waals surface area (Å²) in [5, 5.41) is 2.54. The van der Waals surface area contributed by atoms with Gasteiger partial charge in [-0.15, -0.1) is 0 Å². The van der Waals surface area contributed by atoms with Crippen LogP contribution in [0.5, 0.6) is 0 Å². The van der Waals surface area contributed by atoms with Gasteiger partial charge in [-0.1, -0.05) is 28.1 Å². The molecule has 2 rings (SSSR count). The number of esters is 1. The van der Waals surface area contributed by atoms with Gasteiger partial charge in [0.2, 0.25) is 0 Å². The minimum absolute atomic E-state index is 0.398. The summed E-state index contributed by atoms with van der Waals surface area (Å²) >= 11 is 3.32. The Balaban J connectivity index is 1.87. The quantitative estimate of drug-likeness (QED) is 0.614. The van der Waals surface area contributed by atoms with E-state index in [1.807, 2.05) is 24.3 Å². The number of anilines is 1. The fourth-order valence-corrected chi connectivity index (χ4v) is 2.05. The van der Waals surface area contributed by atoms with E-state index in [1.165, 1.54) is 37.3 Å². The largest absolute Gasteiger partial charge is 0.449 e. The van der Waals surface area contributed by atoms with Crippen molar-refractivity contribution < 1.29 is 18.7 Å².